The quantitative estimate of drug-likeness (QED) is 0.932. The molecule has 0 spiro atoms. The van der Waals surface area contributed by atoms with Crippen molar-refractivity contribution in [2.45, 2.75) is 38.9 Å². The Balaban J connectivity index is 1.96. The first-order chi connectivity index (χ1) is 10.6. The molecule has 1 unspecified atom stereocenters. The number of methoxy groups -OCH3 is 1. The molecule has 2 aromatic rings. The number of rotatable bonds is 3. The van der Waals surface area contributed by atoms with Crippen molar-refractivity contribution in [2.75, 3.05) is 7.11 Å². The Labute approximate surface area is 132 Å². The lowest BCUT2D eigenvalue weighted by Crippen LogP contribution is -2.40. The number of benzene rings is 2. The summed E-state index contributed by atoms with van der Waals surface area (Å²) < 4.78 is 5.51. The van der Waals surface area contributed by atoms with Gasteiger partial charge in [0, 0.05) is 30.3 Å². The SMILES string of the molecule is COc1cc(O)cc2c1[C@@H](C)N(Cc1ccccc1)C(C)C2. The number of ether oxygens (including phenoxy) is 1. The Morgan fingerprint density at radius 2 is 1.91 bits per heavy atom. The van der Waals surface area contributed by atoms with Crippen LogP contribution in [-0.2, 0) is 13.0 Å². The van der Waals surface area contributed by atoms with E-state index in [2.05, 4.69) is 43.0 Å². The number of phenols is 1. The van der Waals surface area contributed by atoms with Crippen molar-refractivity contribution in [1.82, 2.24) is 4.90 Å². The number of hydrogen-bond donors (Lipinski definition) is 1. The summed E-state index contributed by atoms with van der Waals surface area (Å²) >= 11 is 0. The fraction of sp³-hybridized carbons (Fsp3) is 0.368. The van der Waals surface area contributed by atoms with E-state index in [1.807, 2.05) is 12.1 Å². The van der Waals surface area contributed by atoms with Crippen molar-refractivity contribution in [3.8, 4) is 11.5 Å². The van der Waals surface area contributed by atoms with Crippen LogP contribution in [0.15, 0.2) is 42.5 Å². The van der Waals surface area contributed by atoms with Gasteiger partial charge < -0.3 is 9.84 Å². The summed E-state index contributed by atoms with van der Waals surface area (Å²) in [5.74, 6) is 1.07. The van der Waals surface area contributed by atoms with E-state index in [0.29, 0.717) is 6.04 Å². The summed E-state index contributed by atoms with van der Waals surface area (Å²) in [6.07, 6.45) is 0.928. The molecule has 3 nitrogen and oxygen atoms in total. The maximum Gasteiger partial charge on any atom is 0.127 e. The normalized spacial score (nSPS) is 21.4. The molecule has 0 fully saturated rings. The molecule has 1 aliphatic heterocycles. The van der Waals surface area contributed by atoms with E-state index in [-0.39, 0.29) is 11.8 Å². The van der Waals surface area contributed by atoms with E-state index in [1.165, 1.54) is 16.7 Å². The van der Waals surface area contributed by atoms with Gasteiger partial charge in [0.05, 0.1) is 7.11 Å². The van der Waals surface area contributed by atoms with E-state index in [4.69, 9.17) is 4.74 Å². The predicted molar refractivity (Wildman–Crippen MR) is 88.2 cm³/mol. The van der Waals surface area contributed by atoms with Crippen LogP contribution in [-0.4, -0.2) is 23.2 Å². The van der Waals surface area contributed by atoms with Gasteiger partial charge in [0.15, 0.2) is 0 Å². The van der Waals surface area contributed by atoms with E-state index in [0.717, 1.165) is 18.7 Å². The van der Waals surface area contributed by atoms with E-state index in [9.17, 15) is 5.11 Å². The second-order valence-electron chi connectivity index (χ2n) is 6.11. The van der Waals surface area contributed by atoms with Crippen LogP contribution in [0.5, 0.6) is 11.5 Å². The highest BCUT2D eigenvalue weighted by Crippen LogP contribution is 2.41. The molecule has 116 valence electrons. The number of aromatic hydroxyl groups is 1. The van der Waals surface area contributed by atoms with Crippen molar-refractivity contribution in [3.63, 3.8) is 0 Å². The van der Waals surface area contributed by atoms with Gasteiger partial charge in [-0.05, 0) is 37.5 Å². The van der Waals surface area contributed by atoms with Gasteiger partial charge in [-0.2, -0.15) is 0 Å². The van der Waals surface area contributed by atoms with Crippen LogP contribution in [0.4, 0.5) is 0 Å². The second kappa shape index (κ2) is 6.01. The minimum absolute atomic E-state index is 0.259. The Morgan fingerprint density at radius 1 is 1.18 bits per heavy atom. The van der Waals surface area contributed by atoms with Crippen LogP contribution in [0.2, 0.25) is 0 Å². The predicted octanol–water partition coefficient (Wildman–Crippen LogP) is 3.91. The summed E-state index contributed by atoms with van der Waals surface area (Å²) in [6.45, 7) is 5.39. The molecule has 0 bridgehead atoms. The van der Waals surface area contributed by atoms with Gasteiger partial charge in [0.25, 0.3) is 0 Å². The third-order valence-corrected chi connectivity index (χ3v) is 4.64. The van der Waals surface area contributed by atoms with Crippen molar-refractivity contribution < 1.29 is 9.84 Å². The molecule has 0 amide bonds. The Morgan fingerprint density at radius 3 is 2.59 bits per heavy atom. The highest BCUT2D eigenvalue weighted by molar-refractivity contribution is 5.49. The topological polar surface area (TPSA) is 32.7 Å². The molecule has 2 aromatic carbocycles. The zero-order valence-electron chi connectivity index (χ0n) is 13.4. The lowest BCUT2D eigenvalue weighted by atomic mass is 9.88. The Bertz CT molecular complexity index is 654. The molecule has 0 radical (unpaired) electrons. The molecule has 3 heteroatoms. The van der Waals surface area contributed by atoms with Crippen molar-refractivity contribution in [1.29, 1.82) is 0 Å². The van der Waals surface area contributed by atoms with Crippen molar-refractivity contribution in [2.24, 2.45) is 0 Å². The number of phenolic OH excluding ortho intramolecular Hbond substituents is 1. The van der Waals surface area contributed by atoms with Crippen molar-refractivity contribution >= 4 is 0 Å². The molecule has 3 rings (SSSR count). The maximum absolute atomic E-state index is 9.88. The summed E-state index contributed by atoms with van der Waals surface area (Å²) in [7, 11) is 1.67. The zero-order chi connectivity index (χ0) is 15.7. The molecule has 0 aliphatic carbocycles. The molecule has 1 heterocycles. The molecule has 22 heavy (non-hydrogen) atoms. The maximum atomic E-state index is 9.88. The third-order valence-electron chi connectivity index (χ3n) is 4.64. The first-order valence-electron chi connectivity index (χ1n) is 7.79. The largest absolute Gasteiger partial charge is 0.508 e. The van der Waals surface area contributed by atoms with Gasteiger partial charge in [0.1, 0.15) is 11.5 Å². The van der Waals surface area contributed by atoms with Crippen LogP contribution in [0, 0.1) is 0 Å². The third kappa shape index (κ3) is 2.69. The summed E-state index contributed by atoms with van der Waals surface area (Å²) in [4.78, 5) is 2.50. The lowest BCUT2D eigenvalue weighted by molar-refractivity contribution is 0.126. The van der Waals surface area contributed by atoms with E-state index < -0.39 is 0 Å². The number of nitrogens with zero attached hydrogens (tertiary/aromatic N) is 1. The molecule has 1 aliphatic rings. The van der Waals surface area contributed by atoms with E-state index in [1.54, 1.807) is 13.2 Å². The Kier molecular flexibility index (Phi) is 4.08. The van der Waals surface area contributed by atoms with Gasteiger partial charge in [0.2, 0.25) is 0 Å². The number of fused-ring (bicyclic) bond motifs is 1. The summed E-state index contributed by atoms with van der Waals surface area (Å²) in [6, 6.07) is 14.8. The van der Waals surface area contributed by atoms with Crippen LogP contribution in [0.1, 0.15) is 36.6 Å². The number of hydrogen-bond acceptors (Lipinski definition) is 3. The minimum Gasteiger partial charge on any atom is -0.508 e. The van der Waals surface area contributed by atoms with Crippen LogP contribution in [0.3, 0.4) is 0 Å². The van der Waals surface area contributed by atoms with Crippen LogP contribution >= 0.6 is 0 Å². The summed E-state index contributed by atoms with van der Waals surface area (Å²) in [5.41, 5.74) is 3.72. The van der Waals surface area contributed by atoms with Gasteiger partial charge in [-0.1, -0.05) is 30.3 Å². The van der Waals surface area contributed by atoms with Gasteiger partial charge in [-0.15, -0.1) is 0 Å². The molecular formula is C19H23NO2. The first-order valence-corrected chi connectivity index (χ1v) is 7.79. The van der Waals surface area contributed by atoms with Gasteiger partial charge >= 0.3 is 0 Å². The van der Waals surface area contributed by atoms with Gasteiger partial charge in [-0.3, -0.25) is 4.90 Å². The van der Waals surface area contributed by atoms with Crippen LogP contribution < -0.4 is 4.74 Å². The molecule has 0 saturated carbocycles. The monoisotopic (exact) mass is 297 g/mol. The minimum atomic E-state index is 0.259. The van der Waals surface area contributed by atoms with Crippen LogP contribution in [0.25, 0.3) is 0 Å². The second-order valence-corrected chi connectivity index (χ2v) is 6.11. The average Bonchev–Trinajstić information content (AvgIpc) is 2.51. The fourth-order valence-corrected chi connectivity index (χ4v) is 3.55. The smallest absolute Gasteiger partial charge is 0.127 e. The highest BCUT2D eigenvalue weighted by atomic mass is 16.5. The lowest BCUT2D eigenvalue weighted by Gasteiger charge is -2.41. The van der Waals surface area contributed by atoms with Gasteiger partial charge in [-0.25, -0.2) is 0 Å². The molecular weight excluding hydrogens is 274 g/mol. The highest BCUT2D eigenvalue weighted by Gasteiger charge is 2.32. The van der Waals surface area contributed by atoms with Crippen molar-refractivity contribution in [3.05, 3.63) is 59.2 Å². The fourth-order valence-electron chi connectivity index (χ4n) is 3.55. The molecule has 1 N–H and O–H groups in total. The average molecular weight is 297 g/mol. The zero-order valence-corrected chi connectivity index (χ0v) is 13.4. The summed E-state index contributed by atoms with van der Waals surface area (Å²) in [5, 5.41) is 9.88. The molecule has 0 aromatic heterocycles. The Hall–Kier alpha value is -2.00. The molecule has 2 atom stereocenters. The van der Waals surface area contributed by atoms with E-state index >= 15 is 0 Å². The standard InChI is InChI=1S/C19H23NO2/c1-13-9-16-10-17(21)11-18(22-3)19(16)14(2)20(13)12-15-7-5-4-6-8-15/h4-8,10-11,13-14,21H,9,12H2,1-3H3/t13?,14-/m1/s1. The first kappa shape index (κ1) is 14.9. The molecule has 0 saturated heterocycles.